The quantitative estimate of drug-likeness (QED) is 0.797. The molecule has 0 bridgehead atoms. The number of hydrogen-bond acceptors (Lipinski definition) is 2. The molecule has 3 rings (SSSR count). The van der Waals surface area contributed by atoms with Crippen LogP contribution in [0.15, 0.2) is 67.1 Å². The Hall–Kier alpha value is -2.88. The molecule has 0 aliphatic heterocycles. The van der Waals surface area contributed by atoms with Crippen molar-refractivity contribution in [1.82, 2.24) is 9.55 Å². The van der Waals surface area contributed by atoms with Crippen molar-refractivity contribution in [2.75, 3.05) is 5.32 Å². The van der Waals surface area contributed by atoms with Crippen molar-refractivity contribution in [3.63, 3.8) is 0 Å². The molecule has 2 heterocycles. The molecule has 4 nitrogen and oxygen atoms in total. The van der Waals surface area contributed by atoms with Crippen LogP contribution >= 0.6 is 0 Å². The maximum atomic E-state index is 12.3. The molecule has 0 aliphatic carbocycles. The molecule has 4 heteroatoms. The third-order valence-corrected chi connectivity index (χ3v) is 3.26. The van der Waals surface area contributed by atoms with Gasteiger partial charge >= 0.3 is 0 Å². The monoisotopic (exact) mass is 277 g/mol. The molecule has 0 atom stereocenters. The van der Waals surface area contributed by atoms with Crippen molar-refractivity contribution in [1.29, 1.82) is 0 Å². The van der Waals surface area contributed by atoms with E-state index in [-0.39, 0.29) is 5.91 Å². The standard InChI is InChI=1S/C17H15N3O/c1-13-9-10-18-16(20-11-5-6-12-20)15(13)19-17(21)14-7-3-2-4-8-14/h2-12H,1H3,(H,19,21). The number of rotatable bonds is 3. The predicted octanol–water partition coefficient (Wildman–Crippen LogP) is 3.43. The van der Waals surface area contributed by atoms with E-state index in [9.17, 15) is 4.79 Å². The van der Waals surface area contributed by atoms with Crippen LogP contribution in [0.3, 0.4) is 0 Å². The molecule has 0 aliphatic rings. The van der Waals surface area contributed by atoms with E-state index >= 15 is 0 Å². The van der Waals surface area contributed by atoms with Crippen molar-refractivity contribution in [3.05, 3.63) is 78.2 Å². The average Bonchev–Trinajstić information content (AvgIpc) is 3.04. The van der Waals surface area contributed by atoms with Gasteiger partial charge in [0.05, 0.1) is 5.69 Å². The molecule has 3 aromatic rings. The molecular formula is C17H15N3O. The molecule has 0 saturated carbocycles. The van der Waals surface area contributed by atoms with Gasteiger partial charge < -0.3 is 9.88 Å². The predicted molar refractivity (Wildman–Crippen MR) is 82.7 cm³/mol. The lowest BCUT2D eigenvalue weighted by Gasteiger charge is -2.13. The normalized spacial score (nSPS) is 10.3. The lowest BCUT2D eigenvalue weighted by molar-refractivity contribution is 0.102. The third-order valence-electron chi connectivity index (χ3n) is 3.26. The molecule has 0 unspecified atom stereocenters. The van der Waals surface area contributed by atoms with E-state index in [4.69, 9.17) is 0 Å². The highest BCUT2D eigenvalue weighted by Crippen LogP contribution is 2.22. The summed E-state index contributed by atoms with van der Waals surface area (Å²) >= 11 is 0. The SMILES string of the molecule is Cc1ccnc(-n2cccc2)c1NC(=O)c1ccccc1. The van der Waals surface area contributed by atoms with E-state index in [1.165, 1.54) is 0 Å². The number of amides is 1. The lowest BCUT2D eigenvalue weighted by atomic mass is 10.2. The number of pyridine rings is 1. The molecule has 0 saturated heterocycles. The highest BCUT2D eigenvalue weighted by Gasteiger charge is 2.13. The van der Waals surface area contributed by atoms with Crippen LogP contribution in [0.4, 0.5) is 5.69 Å². The zero-order chi connectivity index (χ0) is 14.7. The topological polar surface area (TPSA) is 46.9 Å². The summed E-state index contributed by atoms with van der Waals surface area (Å²) in [4.78, 5) is 16.7. The fraction of sp³-hybridized carbons (Fsp3) is 0.0588. The molecule has 104 valence electrons. The van der Waals surface area contributed by atoms with Crippen molar-refractivity contribution < 1.29 is 4.79 Å². The van der Waals surface area contributed by atoms with Crippen LogP contribution in [-0.4, -0.2) is 15.5 Å². The Balaban J connectivity index is 1.97. The number of anilines is 1. The van der Waals surface area contributed by atoms with Gasteiger partial charge in [-0.25, -0.2) is 4.98 Å². The van der Waals surface area contributed by atoms with Gasteiger partial charge in [-0.1, -0.05) is 18.2 Å². The maximum absolute atomic E-state index is 12.3. The summed E-state index contributed by atoms with van der Waals surface area (Å²) < 4.78 is 1.88. The molecular weight excluding hydrogens is 262 g/mol. The Kier molecular flexibility index (Phi) is 3.51. The first-order chi connectivity index (χ1) is 10.3. The van der Waals surface area contributed by atoms with Gasteiger partial charge in [0.25, 0.3) is 5.91 Å². The number of hydrogen-bond donors (Lipinski definition) is 1. The molecule has 21 heavy (non-hydrogen) atoms. The maximum Gasteiger partial charge on any atom is 0.255 e. The average molecular weight is 277 g/mol. The van der Waals surface area contributed by atoms with E-state index in [2.05, 4.69) is 10.3 Å². The number of aromatic nitrogens is 2. The van der Waals surface area contributed by atoms with Crippen molar-refractivity contribution in [2.45, 2.75) is 6.92 Å². The second kappa shape index (κ2) is 5.63. The fourth-order valence-electron chi connectivity index (χ4n) is 2.15. The van der Waals surface area contributed by atoms with Crippen LogP contribution in [0.2, 0.25) is 0 Å². The van der Waals surface area contributed by atoms with Gasteiger partial charge in [-0.3, -0.25) is 4.79 Å². The van der Waals surface area contributed by atoms with E-state index in [1.807, 2.05) is 60.3 Å². The Morgan fingerprint density at radius 1 is 1.05 bits per heavy atom. The van der Waals surface area contributed by atoms with Crippen LogP contribution in [0.1, 0.15) is 15.9 Å². The number of carbonyl (C=O) groups excluding carboxylic acids is 1. The minimum Gasteiger partial charge on any atom is -0.319 e. The molecule has 0 spiro atoms. The van der Waals surface area contributed by atoms with Crippen LogP contribution in [0.25, 0.3) is 5.82 Å². The van der Waals surface area contributed by atoms with Crippen LogP contribution < -0.4 is 5.32 Å². The number of carbonyl (C=O) groups is 1. The van der Waals surface area contributed by atoms with Gasteiger partial charge in [-0.2, -0.15) is 0 Å². The Bertz CT molecular complexity index is 749. The van der Waals surface area contributed by atoms with E-state index in [1.54, 1.807) is 18.3 Å². The smallest absolute Gasteiger partial charge is 0.255 e. The zero-order valence-corrected chi connectivity index (χ0v) is 11.7. The first kappa shape index (κ1) is 13.1. The minimum absolute atomic E-state index is 0.139. The molecule has 0 radical (unpaired) electrons. The van der Waals surface area contributed by atoms with Crippen molar-refractivity contribution >= 4 is 11.6 Å². The van der Waals surface area contributed by atoms with Crippen molar-refractivity contribution in [3.8, 4) is 5.82 Å². The summed E-state index contributed by atoms with van der Waals surface area (Å²) in [6.45, 7) is 1.95. The van der Waals surface area contributed by atoms with Crippen LogP contribution in [0, 0.1) is 6.92 Å². The molecule has 1 amide bonds. The Morgan fingerprint density at radius 2 is 1.76 bits per heavy atom. The number of nitrogens with zero attached hydrogens (tertiary/aromatic N) is 2. The molecule has 1 aromatic carbocycles. The largest absolute Gasteiger partial charge is 0.319 e. The first-order valence-electron chi connectivity index (χ1n) is 6.71. The third kappa shape index (κ3) is 2.69. The van der Waals surface area contributed by atoms with Gasteiger partial charge in [0, 0.05) is 24.2 Å². The summed E-state index contributed by atoms with van der Waals surface area (Å²) in [5.41, 5.74) is 2.32. The first-order valence-corrected chi connectivity index (χ1v) is 6.71. The van der Waals surface area contributed by atoms with Gasteiger partial charge in [-0.15, -0.1) is 0 Å². The van der Waals surface area contributed by atoms with Gasteiger partial charge in [0.1, 0.15) is 0 Å². The summed E-state index contributed by atoms with van der Waals surface area (Å²) in [5, 5.41) is 2.96. The van der Waals surface area contributed by atoms with E-state index in [0.717, 1.165) is 11.3 Å². The number of aryl methyl sites for hydroxylation is 1. The van der Waals surface area contributed by atoms with E-state index < -0.39 is 0 Å². The lowest BCUT2D eigenvalue weighted by Crippen LogP contribution is -2.15. The highest BCUT2D eigenvalue weighted by molar-refractivity contribution is 6.05. The fourth-order valence-corrected chi connectivity index (χ4v) is 2.15. The summed E-state index contributed by atoms with van der Waals surface area (Å²) in [5.74, 6) is 0.574. The summed E-state index contributed by atoms with van der Waals surface area (Å²) in [6, 6.07) is 14.9. The molecule has 1 N–H and O–H groups in total. The Morgan fingerprint density at radius 3 is 2.48 bits per heavy atom. The number of benzene rings is 1. The minimum atomic E-state index is -0.139. The number of nitrogens with one attached hydrogen (secondary N) is 1. The van der Waals surface area contributed by atoms with Crippen molar-refractivity contribution in [2.24, 2.45) is 0 Å². The summed E-state index contributed by atoms with van der Waals surface area (Å²) in [6.07, 6.45) is 5.54. The van der Waals surface area contributed by atoms with Gasteiger partial charge in [0.15, 0.2) is 5.82 Å². The molecule has 2 aromatic heterocycles. The Labute approximate surface area is 123 Å². The second-order valence-electron chi connectivity index (χ2n) is 4.74. The van der Waals surface area contributed by atoms with Crippen LogP contribution in [-0.2, 0) is 0 Å². The van der Waals surface area contributed by atoms with Crippen LogP contribution in [0.5, 0.6) is 0 Å². The highest BCUT2D eigenvalue weighted by atomic mass is 16.1. The zero-order valence-electron chi connectivity index (χ0n) is 11.7. The van der Waals surface area contributed by atoms with Gasteiger partial charge in [0.2, 0.25) is 0 Å². The van der Waals surface area contributed by atoms with E-state index in [0.29, 0.717) is 11.4 Å². The summed E-state index contributed by atoms with van der Waals surface area (Å²) in [7, 11) is 0. The van der Waals surface area contributed by atoms with Gasteiger partial charge in [-0.05, 0) is 42.8 Å². The molecule has 0 fully saturated rings. The second-order valence-corrected chi connectivity index (χ2v) is 4.74.